The van der Waals surface area contributed by atoms with Crippen molar-refractivity contribution in [1.29, 1.82) is 0 Å². The summed E-state index contributed by atoms with van der Waals surface area (Å²) in [5, 5.41) is 17.8. The van der Waals surface area contributed by atoms with Crippen LogP contribution in [-0.4, -0.2) is 58.7 Å². The molecule has 28 heavy (non-hydrogen) atoms. The van der Waals surface area contributed by atoms with Crippen molar-refractivity contribution in [3.63, 3.8) is 0 Å². The van der Waals surface area contributed by atoms with Crippen molar-refractivity contribution in [3.8, 4) is 0 Å². The van der Waals surface area contributed by atoms with Gasteiger partial charge in [-0.3, -0.25) is 15.0 Å². The van der Waals surface area contributed by atoms with Gasteiger partial charge in [0.2, 0.25) is 11.8 Å². The highest BCUT2D eigenvalue weighted by molar-refractivity contribution is 5.58. The number of ether oxygens (including phenoxy) is 1. The molecule has 2 aromatic rings. The summed E-state index contributed by atoms with van der Waals surface area (Å²) in [6, 6.07) is 10.3. The number of hydrogen-bond donors (Lipinski definition) is 2. The Balaban J connectivity index is 1.55. The van der Waals surface area contributed by atoms with Gasteiger partial charge in [0.05, 0.1) is 24.2 Å². The molecule has 1 saturated heterocycles. The number of nitro groups is 1. The Labute approximate surface area is 163 Å². The molecule has 9 heteroatoms. The van der Waals surface area contributed by atoms with Crippen LogP contribution < -0.4 is 10.6 Å². The molecule has 2 N–H and O–H groups in total. The van der Waals surface area contributed by atoms with Crippen molar-refractivity contribution >= 4 is 17.5 Å². The van der Waals surface area contributed by atoms with Gasteiger partial charge in [-0.2, -0.15) is 4.98 Å². The molecule has 1 aromatic heterocycles. The average Bonchev–Trinajstić information content (AvgIpc) is 3.53. The summed E-state index contributed by atoms with van der Waals surface area (Å²) < 4.78 is 5.44. The quantitative estimate of drug-likeness (QED) is 0.528. The van der Waals surface area contributed by atoms with Crippen molar-refractivity contribution in [3.05, 3.63) is 52.2 Å². The van der Waals surface area contributed by atoms with E-state index in [0.717, 1.165) is 51.3 Å². The number of aromatic nitrogens is 2. The highest BCUT2D eigenvalue weighted by Crippen LogP contribution is 2.30. The van der Waals surface area contributed by atoms with Crippen LogP contribution in [-0.2, 0) is 4.74 Å². The third-order valence-corrected chi connectivity index (χ3v) is 4.93. The molecule has 1 atom stereocenters. The largest absolute Gasteiger partial charge is 0.379 e. The van der Waals surface area contributed by atoms with Gasteiger partial charge in [-0.05, 0) is 18.4 Å². The van der Waals surface area contributed by atoms with Crippen molar-refractivity contribution in [2.24, 2.45) is 0 Å². The first kappa shape index (κ1) is 18.6. The van der Waals surface area contributed by atoms with Crippen LogP contribution in [0.15, 0.2) is 36.5 Å². The van der Waals surface area contributed by atoms with Gasteiger partial charge in [-0.25, -0.2) is 4.98 Å². The van der Waals surface area contributed by atoms with Crippen molar-refractivity contribution in [1.82, 2.24) is 14.9 Å². The van der Waals surface area contributed by atoms with E-state index in [2.05, 4.69) is 37.6 Å². The Hall–Kier alpha value is -2.78. The summed E-state index contributed by atoms with van der Waals surface area (Å²) in [7, 11) is 0. The Morgan fingerprint density at radius 3 is 2.68 bits per heavy atom. The molecule has 2 aliphatic rings. The normalized spacial score (nSPS) is 18.4. The second-order valence-electron chi connectivity index (χ2n) is 7.12. The summed E-state index contributed by atoms with van der Waals surface area (Å²) in [6.07, 6.45) is 3.29. The fourth-order valence-electron chi connectivity index (χ4n) is 3.22. The Kier molecular flexibility index (Phi) is 5.63. The minimum atomic E-state index is -0.448. The molecule has 1 aromatic carbocycles. The molecule has 148 valence electrons. The molecule has 1 aliphatic carbocycles. The van der Waals surface area contributed by atoms with Crippen LogP contribution >= 0.6 is 0 Å². The van der Waals surface area contributed by atoms with Crippen LogP contribution in [0.2, 0.25) is 0 Å². The summed E-state index contributed by atoms with van der Waals surface area (Å²) in [5.41, 5.74) is 1.02. The Morgan fingerprint density at radius 2 is 2.00 bits per heavy atom. The molecule has 9 nitrogen and oxygen atoms in total. The number of nitrogens with zero attached hydrogens (tertiary/aromatic N) is 4. The number of nitrogens with one attached hydrogen (secondary N) is 2. The van der Waals surface area contributed by atoms with Gasteiger partial charge in [0.15, 0.2) is 0 Å². The molecule has 0 unspecified atom stereocenters. The second kappa shape index (κ2) is 8.49. The number of hydrogen-bond acceptors (Lipinski definition) is 8. The van der Waals surface area contributed by atoms with E-state index in [4.69, 9.17) is 4.74 Å². The lowest BCUT2D eigenvalue weighted by Crippen LogP contribution is -2.40. The maximum atomic E-state index is 11.3. The lowest BCUT2D eigenvalue weighted by atomic mass is 10.1. The lowest BCUT2D eigenvalue weighted by Gasteiger charge is -2.31. The van der Waals surface area contributed by atoms with Gasteiger partial charge in [0, 0.05) is 25.7 Å². The first-order valence-corrected chi connectivity index (χ1v) is 9.58. The summed E-state index contributed by atoms with van der Waals surface area (Å²) >= 11 is 0. The SMILES string of the molecule is O=[N+]([O-])c1cnc(N[C@@H](CN2CCOCC2)c2ccccc2)nc1NC1CC1. The molecule has 4 rings (SSSR count). The van der Waals surface area contributed by atoms with Gasteiger partial charge in [-0.15, -0.1) is 0 Å². The lowest BCUT2D eigenvalue weighted by molar-refractivity contribution is -0.384. The first-order valence-electron chi connectivity index (χ1n) is 9.58. The summed E-state index contributed by atoms with van der Waals surface area (Å²) in [4.78, 5) is 21.8. The predicted molar refractivity (Wildman–Crippen MR) is 105 cm³/mol. The molecular weight excluding hydrogens is 360 g/mol. The van der Waals surface area contributed by atoms with Crippen molar-refractivity contribution in [2.75, 3.05) is 43.5 Å². The van der Waals surface area contributed by atoms with Gasteiger partial charge in [-0.1, -0.05) is 30.3 Å². The minimum absolute atomic E-state index is 0.0328. The zero-order chi connectivity index (χ0) is 19.3. The number of anilines is 2. The number of rotatable bonds is 8. The third kappa shape index (κ3) is 4.73. The Bertz CT molecular complexity index is 809. The zero-order valence-electron chi connectivity index (χ0n) is 15.6. The van der Waals surface area contributed by atoms with E-state index in [0.29, 0.717) is 5.95 Å². The van der Waals surface area contributed by atoms with Crippen LogP contribution in [0.3, 0.4) is 0 Å². The predicted octanol–water partition coefficient (Wildman–Crippen LogP) is 2.44. The maximum Gasteiger partial charge on any atom is 0.329 e. The van der Waals surface area contributed by atoms with Crippen molar-refractivity contribution < 1.29 is 9.66 Å². The van der Waals surface area contributed by atoms with Crippen LogP contribution in [0.4, 0.5) is 17.5 Å². The monoisotopic (exact) mass is 384 g/mol. The standard InChI is InChI=1S/C19H24N6O3/c26-25(27)17-12-20-19(23-18(17)21-15-6-7-15)22-16(14-4-2-1-3-5-14)13-24-8-10-28-11-9-24/h1-5,12,15-16H,6-11,13H2,(H2,20,21,22,23)/t16-/m0/s1. The second-order valence-corrected chi connectivity index (χ2v) is 7.12. The zero-order valence-corrected chi connectivity index (χ0v) is 15.6. The van der Waals surface area contributed by atoms with Crippen molar-refractivity contribution in [2.45, 2.75) is 24.9 Å². The molecular formula is C19H24N6O3. The molecule has 2 fully saturated rings. The fraction of sp³-hybridized carbons (Fsp3) is 0.474. The number of benzene rings is 1. The van der Waals surface area contributed by atoms with E-state index < -0.39 is 4.92 Å². The minimum Gasteiger partial charge on any atom is -0.379 e. The molecule has 1 saturated carbocycles. The smallest absolute Gasteiger partial charge is 0.329 e. The van der Waals surface area contributed by atoms with Gasteiger partial charge >= 0.3 is 5.69 Å². The summed E-state index contributed by atoms with van der Waals surface area (Å²) in [6.45, 7) is 3.98. The Morgan fingerprint density at radius 1 is 1.25 bits per heavy atom. The maximum absolute atomic E-state index is 11.3. The van der Waals surface area contributed by atoms with E-state index in [1.54, 1.807) is 0 Å². The molecule has 0 radical (unpaired) electrons. The highest BCUT2D eigenvalue weighted by Gasteiger charge is 2.27. The van der Waals surface area contributed by atoms with E-state index in [1.807, 2.05) is 18.2 Å². The van der Waals surface area contributed by atoms with E-state index in [1.165, 1.54) is 6.20 Å². The fourth-order valence-corrected chi connectivity index (χ4v) is 3.22. The van der Waals surface area contributed by atoms with Crippen LogP contribution in [0, 0.1) is 10.1 Å². The first-order chi connectivity index (χ1) is 13.7. The summed E-state index contributed by atoms with van der Waals surface area (Å²) in [5.74, 6) is 0.666. The van der Waals surface area contributed by atoms with E-state index >= 15 is 0 Å². The molecule has 2 heterocycles. The van der Waals surface area contributed by atoms with Crippen LogP contribution in [0.5, 0.6) is 0 Å². The topological polar surface area (TPSA) is 105 Å². The molecule has 0 spiro atoms. The molecule has 0 bridgehead atoms. The number of morpholine rings is 1. The molecule has 1 aliphatic heterocycles. The average molecular weight is 384 g/mol. The third-order valence-electron chi connectivity index (χ3n) is 4.93. The highest BCUT2D eigenvalue weighted by atomic mass is 16.6. The van der Waals surface area contributed by atoms with Gasteiger partial charge in [0.25, 0.3) is 0 Å². The van der Waals surface area contributed by atoms with Crippen LogP contribution in [0.25, 0.3) is 0 Å². The van der Waals surface area contributed by atoms with Gasteiger partial charge in [0.1, 0.15) is 6.20 Å². The van der Waals surface area contributed by atoms with Gasteiger partial charge < -0.3 is 15.4 Å². The van der Waals surface area contributed by atoms with E-state index in [9.17, 15) is 10.1 Å². The van der Waals surface area contributed by atoms with E-state index in [-0.39, 0.29) is 23.6 Å². The molecule has 0 amide bonds. The van der Waals surface area contributed by atoms with Crippen LogP contribution in [0.1, 0.15) is 24.4 Å².